The van der Waals surface area contributed by atoms with E-state index in [1.165, 1.54) is 0 Å². The Labute approximate surface area is 85.2 Å². The molecule has 1 amide bonds. The number of carbonyl (C=O) groups excluding carboxylic acids is 1. The normalized spacial score (nSPS) is 24.8. The zero-order chi connectivity index (χ0) is 10.6. The molecule has 0 aromatic carbocycles. The fourth-order valence-electron chi connectivity index (χ4n) is 1.66. The first-order chi connectivity index (χ1) is 6.72. The van der Waals surface area contributed by atoms with E-state index in [0.29, 0.717) is 19.6 Å². The fraction of sp³-hybridized carbons (Fsp3) is 0.900. The van der Waals surface area contributed by atoms with Crippen molar-refractivity contribution in [2.45, 2.75) is 32.5 Å². The van der Waals surface area contributed by atoms with Gasteiger partial charge in [-0.3, -0.25) is 4.79 Å². The van der Waals surface area contributed by atoms with E-state index in [2.05, 4.69) is 0 Å². The Kier molecular flexibility index (Phi) is 3.89. The maximum Gasteiger partial charge on any atom is 0.227 e. The van der Waals surface area contributed by atoms with Crippen LogP contribution in [-0.4, -0.2) is 43.4 Å². The number of hydrogen-bond donors (Lipinski definition) is 0. The van der Waals surface area contributed by atoms with E-state index < -0.39 is 5.79 Å². The first kappa shape index (κ1) is 11.5. The number of ether oxygens (including phenoxy) is 2. The van der Waals surface area contributed by atoms with Gasteiger partial charge in [-0.05, 0) is 0 Å². The SMILES string of the molecule is CC.CN1CCC2(CC1=O)OCCO2. The molecule has 14 heavy (non-hydrogen) atoms. The molecule has 2 saturated heterocycles. The molecule has 0 radical (unpaired) electrons. The Balaban J connectivity index is 0.000000461. The highest BCUT2D eigenvalue weighted by atomic mass is 16.7. The Morgan fingerprint density at radius 1 is 1.29 bits per heavy atom. The largest absolute Gasteiger partial charge is 0.347 e. The van der Waals surface area contributed by atoms with E-state index >= 15 is 0 Å². The molecule has 2 heterocycles. The van der Waals surface area contributed by atoms with Crippen molar-refractivity contribution in [1.82, 2.24) is 4.90 Å². The maximum absolute atomic E-state index is 11.3. The number of nitrogens with zero attached hydrogens (tertiary/aromatic N) is 1. The molecule has 0 atom stereocenters. The molecule has 2 fully saturated rings. The minimum absolute atomic E-state index is 0.114. The van der Waals surface area contributed by atoms with Crippen molar-refractivity contribution in [3.05, 3.63) is 0 Å². The molecule has 2 rings (SSSR count). The quantitative estimate of drug-likeness (QED) is 0.587. The molecule has 4 heteroatoms. The average molecular weight is 201 g/mol. The van der Waals surface area contributed by atoms with Gasteiger partial charge in [0.05, 0.1) is 19.6 Å². The summed E-state index contributed by atoms with van der Waals surface area (Å²) in [6.07, 6.45) is 1.18. The van der Waals surface area contributed by atoms with Crippen molar-refractivity contribution in [2.24, 2.45) is 0 Å². The summed E-state index contributed by atoms with van der Waals surface area (Å²) in [5.74, 6) is -0.452. The van der Waals surface area contributed by atoms with E-state index in [-0.39, 0.29) is 5.91 Å². The summed E-state index contributed by atoms with van der Waals surface area (Å²) in [7, 11) is 1.81. The average Bonchev–Trinajstić information content (AvgIpc) is 2.65. The standard InChI is InChI=1S/C8H13NO3.C2H6/c1-9-3-2-8(6-7(9)10)11-4-5-12-8;1-2/h2-6H2,1H3;1-2H3. The highest BCUT2D eigenvalue weighted by molar-refractivity contribution is 5.77. The molecule has 1 spiro atoms. The molecule has 0 aliphatic carbocycles. The molecule has 0 aromatic heterocycles. The van der Waals surface area contributed by atoms with E-state index in [1.807, 2.05) is 20.9 Å². The smallest absolute Gasteiger partial charge is 0.227 e. The van der Waals surface area contributed by atoms with Crippen LogP contribution in [0.4, 0.5) is 0 Å². The van der Waals surface area contributed by atoms with Crippen LogP contribution in [0.25, 0.3) is 0 Å². The summed E-state index contributed by atoms with van der Waals surface area (Å²) in [6.45, 7) is 5.98. The van der Waals surface area contributed by atoms with Gasteiger partial charge >= 0.3 is 0 Å². The van der Waals surface area contributed by atoms with Gasteiger partial charge in [0.15, 0.2) is 5.79 Å². The topological polar surface area (TPSA) is 38.8 Å². The van der Waals surface area contributed by atoms with Gasteiger partial charge in [0.1, 0.15) is 0 Å². The van der Waals surface area contributed by atoms with Crippen molar-refractivity contribution in [3.8, 4) is 0 Å². The van der Waals surface area contributed by atoms with Gasteiger partial charge in [-0.2, -0.15) is 0 Å². The lowest BCUT2D eigenvalue weighted by atomic mass is 10.0. The van der Waals surface area contributed by atoms with Crippen LogP contribution in [0.2, 0.25) is 0 Å². The first-order valence-electron chi connectivity index (χ1n) is 5.24. The van der Waals surface area contributed by atoms with E-state index in [9.17, 15) is 4.79 Å². The summed E-state index contributed by atoms with van der Waals surface area (Å²) in [6, 6.07) is 0. The van der Waals surface area contributed by atoms with Crippen molar-refractivity contribution in [1.29, 1.82) is 0 Å². The van der Waals surface area contributed by atoms with Gasteiger partial charge in [0.25, 0.3) is 0 Å². The zero-order valence-corrected chi connectivity index (χ0v) is 9.21. The van der Waals surface area contributed by atoms with Crippen LogP contribution < -0.4 is 0 Å². The molecule has 0 unspecified atom stereocenters. The molecular weight excluding hydrogens is 182 g/mol. The number of hydrogen-bond acceptors (Lipinski definition) is 3. The summed E-state index contributed by atoms with van der Waals surface area (Å²) >= 11 is 0. The second-order valence-electron chi connectivity index (χ2n) is 3.35. The summed E-state index contributed by atoms with van der Waals surface area (Å²) < 4.78 is 10.9. The van der Waals surface area contributed by atoms with Crippen LogP contribution in [0.15, 0.2) is 0 Å². The van der Waals surface area contributed by atoms with Crippen molar-refractivity contribution >= 4 is 5.91 Å². The van der Waals surface area contributed by atoms with Gasteiger partial charge < -0.3 is 14.4 Å². The molecule has 0 aromatic rings. The van der Waals surface area contributed by atoms with Crippen LogP contribution in [0.3, 0.4) is 0 Å². The lowest BCUT2D eigenvalue weighted by Crippen LogP contribution is -2.46. The molecular formula is C10H19NO3. The van der Waals surface area contributed by atoms with Crippen molar-refractivity contribution in [2.75, 3.05) is 26.8 Å². The van der Waals surface area contributed by atoms with Crippen LogP contribution in [0, 0.1) is 0 Å². The van der Waals surface area contributed by atoms with Crippen LogP contribution in [0.1, 0.15) is 26.7 Å². The van der Waals surface area contributed by atoms with Gasteiger partial charge in [-0.1, -0.05) is 13.8 Å². The molecule has 2 aliphatic rings. The van der Waals surface area contributed by atoms with Crippen molar-refractivity contribution in [3.63, 3.8) is 0 Å². The Morgan fingerprint density at radius 2 is 1.86 bits per heavy atom. The summed E-state index contributed by atoms with van der Waals surface area (Å²) in [5.41, 5.74) is 0. The Hall–Kier alpha value is -0.610. The first-order valence-corrected chi connectivity index (χ1v) is 5.24. The van der Waals surface area contributed by atoms with Crippen LogP contribution >= 0.6 is 0 Å². The third-order valence-corrected chi connectivity index (χ3v) is 2.49. The van der Waals surface area contributed by atoms with Gasteiger partial charge in [0.2, 0.25) is 5.91 Å². The highest BCUT2D eigenvalue weighted by Crippen LogP contribution is 2.31. The van der Waals surface area contributed by atoms with Crippen LogP contribution in [-0.2, 0) is 14.3 Å². The van der Waals surface area contributed by atoms with E-state index in [1.54, 1.807) is 4.90 Å². The third-order valence-electron chi connectivity index (χ3n) is 2.49. The van der Waals surface area contributed by atoms with Crippen LogP contribution in [0.5, 0.6) is 0 Å². The van der Waals surface area contributed by atoms with Crippen molar-refractivity contribution < 1.29 is 14.3 Å². The Morgan fingerprint density at radius 3 is 2.36 bits per heavy atom. The Bertz CT molecular complexity index is 200. The lowest BCUT2D eigenvalue weighted by molar-refractivity contribution is -0.191. The number of carbonyl (C=O) groups is 1. The lowest BCUT2D eigenvalue weighted by Gasteiger charge is -2.35. The minimum atomic E-state index is -0.566. The number of likely N-dealkylation sites (tertiary alicyclic amines) is 1. The number of rotatable bonds is 0. The zero-order valence-electron chi connectivity index (χ0n) is 9.21. The van der Waals surface area contributed by atoms with E-state index in [0.717, 1.165) is 13.0 Å². The molecule has 2 aliphatic heterocycles. The number of amides is 1. The maximum atomic E-state index is 11.3. The fourth-order valence-corrected chi connectivity index (χ4v) is 1.66. The molecule has 0 bridgehead atoms. The van der Waals surface area contributed by atoms with Gasteiger partial charge in [0, 0.05) is 20.0 Å². The summed E-state index contributed by atoms with van der Waals surface area (Å²) in [5, 5.41) is 0. The molecule has 0 saturated carbocycles. The minimum Gasteiger partial charge on any atom is -0.347 e. The predicted molar refractivity (Wildman–Crippen MR) is 52.9 cm³/mol. The number of piperidine rings is 1. The van der Waals surface area contributed by atoms with Gasteiger partial charge in [-0.15, -0.1) is 0 Å². The van der Waals surface area contributed by atoms with E-state index in [4.69, 9.17) is 9.47 Å². The second kappa shape index (κ2) is 4.75. The predicted octanol–water partition coefficient (Wildman–Crippen LogP) is 1.01. The second-order valence-corrected chi connectivity index (χ2v) is 3.35. The molecule has 4 nitrogen and oxygen atoms in total. The molecule has 82 valence electrons. The highest BCUT2D eigenvalue weighted by Gasteiger charge is 2.42. The third kappa shape index (κ3) is 2.25. The monoisotopic (exact) mass is 201 g/mol. The summed E-state index contributed by atoms with van der Waals surface area (Å²) in [4.78, 5) is 13.0. The van der Waals surface area contributed by atoms with Gasteiger partial charge in [-0.25, -0.2) is 0 Å². The molecule has 0 N–H and O–H groups in total.